The summed E-state index contributed by atoms with van der Waals surface area (Å²) in [6, 6.07) is 6.45. The number of thioether (sulfide) groups is 1. The lowest BCUT2D eigenvalue weighted by Crippen LogP contribution is -2.22. The molecular formula is C26H33FN4OS. The van der Waals surface area contributed by atoms with E-state index >= 15 is 0 Å². The molecule has 0 unspecified atom stereocenters. The van der Waals surface area contributed by atoms with Crippen molar-refractivity contribution in [1.29, 1.82) is 0 Å². The summed E-state index contributed by atoms with van der Waals surface area (Å²) in [6.07, 6.45) is 8.04. The van der Waals surface area contributed by atoms with Crippen molar-refractivity contribution in [1.82, 2.24) is 20.2 Å². The third-order valence-electron chi connectivity index (χ3n) is 6.58. The number of benzene rings is 1. The minimum Gasteiger partial charge on any atom is -0.301 e. The van der Waals surface area contributed by atoms with E-state index in [9.17, 15) is 9.18 Å². The Hall–Kier alpha value is -2.41. The average molecular weight is 469 g/mol. The summed E-state index contributed by atoms with van der Waals surface area (Å²) in [5.41, 5.74) is 5.66. The highest BCUT2D eigenvalue weighted by atomic mass is 32.2. The van der Waals surface area contributed by atoms with E-state index in [-0.39, 0.29) is 17.3 Å². The predicted molar refractivity (Wildman–Crippen MR) is 132 cm³/mol. The van der Waals surface area contributed by atoms with Crippen molar-refractivity contribution in [2.75, 3.05) is 0 Å². The second-order valence-corrected chi connectivity index (χ2v) is 10.2. The quantitative estimate of drug-likeness (QED) is 0.296. The fourth-order valence-electron chi connectivity index (χ4n) is 4.89. The van der Waals surface area contributed by atoms with E-state index in [4.69, 9.17) is 4.98 Å². The molecule has 176 valence electrons. The van der Waals surface area contributed by atoms with Gasteiger partial charge < -0.3 is 4.98 Å². The van der Waals surface area contributed by atoms with Gasteiger partial charge in [0.1, 0.15) is 5.82 Å². The molecule has 1 aromatic carbocycles. The second-order valence-electron chi connectivity index (χ2n) is 9.27. The van der Waals surface area contributed by atoms with Crippen molar-refractivity contribution in [2.24, 2.45) is 5.92 Å². The van der Waals surface area contributed by atoms with Crippen molar-refractivity contribution in [3.63, 3.8) is 0 Å². The average Bonchev–Trinajstić information content (AvgIpc) is 3.21. The largest absolute Gasteiger partial charge is 0.301 e. The summed E-state index contributed by atoms with van der Waals surface area (Å²) in [5.74, 6) is 1.12. The Morgan fingerprint density at radius 1 is 1.12 bits per heavy atom. The number of nitrogens with one attached hydrogen (secondary N) is 2. The number of H-pyrrole nitrogens is 2. The molecular weight excluding hydrogens is 435 g/mol. The van der Waals surface area contributed by atoms with E-state index < -0.39 is 0 Å². The summed E-state index contributed by atoms with van der Waals surface area (Å²) in [5, 5.41) is 8.30. The zero-order valence-corrected chi connectivity index (χ0v) is 20.5. The highest BCUT2D eigenvalue weighted by Gasteiger charge is 2.21. The van der Waals surface area contributed by atoms with Gasteiger partial charge in [-0.1, -0.05) is 64.6 Å². The van der Waals surface area contributed by atoms with Gasteiger partial charge in [-0.15, -0.1) is 0 Å². The van der Waals surface area contributed by atoms with Gasteiger partial charge in [0.25, 0.3) is 5.56 Å². The van der Waals surface area contributed by atoms with E-state index in [0.717, 1.165) is 46.6 Å². The molecule has 7 heteroatoms. The lowest BCUT2D eigenvalue weighted by atomic mass is 9.84. The Morgan fingerprint density at radius 2 is 1.85 bits per heavy atom. The standard InChI is InChI=1S/C26H33FN4OS/c1-4-20-22(30-31-24(20)18-10-12-19(27)13-11-18)15-33-26-28-21(14-17-8-6-5-7-9-17)23(16(2)3)25(32)29-26/h10-13,16-17H,4-9,14-15H2,1-3H3,(H,30,31)(H,28,29,32). The van der Waals surface area contributed by atoms with Crippen LogP contribution in [0.3, 0.4) is 0 Å². The maximum absolute atomic E-state index is 13.3. The summed E-state index contributed by atoms with van der Waals surface area (Å²) < 4.78 is 13.3. The van der Waals surface area contributed by atoms with Crippen molar-refractivity contribution >= 4 is 11.8 Å². The van der Waals surface area contributed by atoms with Gasteiger partial charge in [-0.3, -0.25) is 9.89 Å². The van der Waals surface area contributed by atoms with Gasteiger partial charge in [0.2, 0.25) is 0 Å². The van der Waals surface area contributed by atoms with Crippen molar-refractivity contribution in [2.45, 2.75) is 82.5 Å². The van der Waals surface area contributed by atoms with E-state index in [1.165, 1.54) is 56.0 Å². The lowest BCUT2D eigenvalue weighted by molar-refractivity contribution is 0.352. The number of hydrogen-bond acceptors (Lipinski definition) is 4. The molecule has 0 amide bonds. The van der Waals surface area contributed by atoms with Gasteiger partial charge in [0, 0.05) is 22.4 Å². The molecule has 1 aliphatic carbocycles. The van der Waals surface area contributed by atoms with Crippen LogP contribution in [0.1, 0.15) is 81.3 Å². The van der Waals surface area contributed by atoms with Gasteiger partial charge in [0.15, 0.2) is 5.16 Å². The first-order valence-electron chi connectivity index (χ1n) is 12.0. The topological polar surface area (TPSA) is 74.4 Å². The minimum atomic E-state index is -0.254. The predicted octanol–water partition coefficient (Wildman–Crippen LogP) is 6.40. The van der Waals surface area contributed by atoms with Gasteiger partial charge in [-0.05, 0) is 48.9 Å². The summed E-state index contributed by atoms with van der Waals surface area (Å²) in [7, 11) is 0. The first-order valence-corrected chi connectivity index (χ1v) is 13.0. The molecule has 0 atom stereocenters. The van der Waals surface area contributed by atoms with Crippen LogP contribution in [-0.4, -0.2) is 20.2 Å². The number of hydrogen-bond donors (Lipinski definition) is 2. The summed E-state index contributed by atoms with van der Waals surface area (Å²) in [6.45, 7) is 6.22. The molecule has 0 aliphatic heterocycles. The van der Waals surface area contributed by atoms with Crippen LogP contribution in [0, 0.1) is 11.7 Å². The smallest absolute Gasteiger partial charge is 0.255 e. The molecule has 1 saturated carbocycles. The highest BCUT2D eigenvalue weighted by Crippen LogP contribution is 2.31. The van der Waals surface area contributed by atoms with Crippen molar-refractivity contribution in [3.8, 4) is 11.3 Å². The van der Waals surface area contributed by atoms with Gasteiger partial charge in [-0.25, -0.2) is 9.37 Å². The molecule has 3 aromatic rings. The third kappa shape index (κ3) is 5.57. The van der Waals surface area contributed by atoms with Crippen LogP contribution in [-0.2, 0) is 18.6 Å². The van der Waals surface area contributed by atoms with E-state index in [1.807, 2.05) is 0 Å². The SMILES string of the molecule is CCc1c(CSc2nc(CC3CCCCC3)c(C(C)C)c(=O)[nH]2)n[nH]c1-c1ccc(F)cc1. The van der Waals surface area contributed by atoms with Crippen LogP contribution in [0.2, 0.25) is 0 Å². The van der Waals surface area contributed by atoms with E-state index in [2.05, 4.69) is 36.0 Å². The Labute approximate surface area is 199 Å². The molecule has 0 spiro atoms. The first-order chi connectivity index (χ1) is 16.0. The molecule has 0 saturated heterocycles. The molecule has 33 heavy (non-hydrogen) atoms. The normalized spacial score (nSPS) is 14.8. The van der Waals surface area contributed by atoms with Crippen molar-refractivity contribution < 1.29 is 4.39 Å². The number of aromatic amines is 2. The van der Waals surface area contributed by atoms with Crippen LogP contribution >= 0.6 is 11.8 Å². The first kappa shape index (κ1) is 23.7. The number of halogens is 1. The molecule has 2 heterocycles. The fourth-order valence-corrected chi connectivity index (χ4v) is 5.74. The van der Waals surface area contributed by atoms with Gasteiger partial charge in [-0.2, -0.15) is 5.10 Å². The summed E-state index contributed by atoms with van der Waals surface area (Å²) >= 11 is 1.52. The molecule has 0 bridgehead atoms. The minimum absolute atomic E-state index is 0.0157. The zero-order chi connectivity index (χ0) is 23.4. The van der Waals surface area contributed by atoms with Crippen molar-refractivity contribution in [3.05, 3.63) is 63.0 Å². The Morgan fingerprint density at radius 3 is 2.52 bits per heavy atom. The van der Waals surface area contributed by atoms with Gasteiger partial charge in [0.05, 0.1) is 17.1 Å². The maximum atomic E-state index is 13.3. The third-order valence-corrected chi connectivity index (χ3v) is 7.47. The Kier molecular flexibility index (Phi) is 7.68. The molecule has 0 radical (unpaired) electrons. The number of nitrogens with zero attached hydrogens (tertiary/aromatic N) is 2. The Bertz CT molecular complexity index is 1130. The zero-order valence-electron chi connectivity index (χ0n) is 19.7. The maximum Gasteiger partial charge on any atom is 0.255 e. The molecule has 1 aliphatic rings. The van der Waals surface area contributed by atoms with Gasteiger partial charge >= 0.3 is 0 Å². The monoisotopic (exact) mass is 468 g/mol. The fraction of sp³-hybridized carbons (Fsp3) is 0.500. The second kappa shape index (κ2) is 10.7. The van der Waals surface area contributed by atoms with Crippen LogP contribution in [0.4, 0.5) is 4.39 Å². The molecule has 5 nitrogen and oxygen atoms in total. The van der Waals surface area contributed by atoms with Crippen LogP contribution < -0.4 is 5.56 Å². The molecule has 1 fully saturated rings. The number of aromatic nitrogens is 4. The van der Waals surface area contributed by atoms with E-state index in [1.54, 1.807) is 12.1 Å². The van der Waals surface area contributed by atoms with Crippen LogP contribution in [0.25, 0.3) is 11.3 Å². The van der Waals surface area contributed by atoms with Crippen LogP contribution in [0.15, 0.2) is 34.2 Å². The lowest BCUT2D eigenvalue weighted by Gasteiger charge is -2.22. The molecule has 2 N–H and O–H groups in total. The summed E-state index contributed by atoms with van der Waals surface area (Å²) in [4.78, 5) is 20.9. The molecule has 4 rings (SSSR count). The Balaban J connectivity index is 1.55. The van der Waals surface area contributed by atoms with Crippen LogP contribution in [0.5, 0.6) is 0 Å². The number of rotatable bonds is 8. The van der Waals surface area contributed by atoms with E-state index in [0.29, 0.717) is 16.8 Å². The highest BCUT2D eigenvalue weighted by molar-refractivity contribution is 7.98. The molecule has 2 aromatic heterocycles.